The minimum Gasteiger partial charge on any atom is -0.481 e. The highest BCUT2D eigenvalue weighted by molar-refractivity contribution is 7.89. The summed E-state index contributed by atoms with van der Waals surface area (Å²) in [7, 11) is -3.33. The number of rotatable bonds is 6. The molecule has 1 aliphatic rings. The third-order valence-electron chi connectivity index (χ3n) is 2.75. The van der Waals surface area contributed by atoms with Crippen molar-refractivity contribution < 1.29 is 18.3 Å². The molecule has 0 saturated carbocycles. The maximum Gasteiger partial charge on any atom is 0.303 e. The topological polar surface area (TPSA) is 101 Å². The van der Waals surface area contributed by atoms with Crippen LogP contribution in [0.5, 0.6) is 0 Å². The van der Waals surface area contributed by atoms with E-state index in [1.807, 2.05) is 0 Å². The Morgan fingerprint density at radius 2 is 2.19 bits per heavy atom. The van der Waals surface area contributed by atoms with Gasteiger partial charge in [-0.05, 0) is 19.3 Å². The minimum absolute atomic E-state index is 0.101. The smallest absolute Gasteiger partial charge is 0.303 e. The summed E-state index contributed by atoms with van der Waals surface area (Å²) in [5.74, 6) is -1.07. The number of hydrogen-bond donors (Lipinski definition) is 2. The van der Waals surface area contributed by atoms with Crippen LogP contribution >= 0.6 is 0 Å². The maximum atomic E-state index is 11.9. The average Bonchev–Trinajstić information content (AvgIpc) is 2.64. The van der Waals surface area contributed by atoms with Gasteiger partial charge >= 0.3 is 5.97 Å². The van der Waals surface area contributed by atoms with Crippen LogP contribution in [-0.2, 0) is 14.8 Å². The summed E-state index contributed by atoms with van der Waals surface area (Å²) in [5.41, 5.74) is 5.50. The summed E-state index contributed by atoms with van der Waals surface area (Å²) in [6.07, 6.45) is 1.68. The lowest BCUT2D eigenvalue weighted by Gasteiger charge is -2.22. The van der Waals surface area contributed by atoms with Gasteiger partial charge in [0.15, 0.2) is 0 Å². The molecule has 0 spiro atoms. The molecule has 6 nitrogen and oxygen atoms in total. The first-order valence-electron chi connectivity index (χ1n) is 5.39. The molecule has 94 valence electrons. The van der Waals surface area contributed by atoms with Gasteiger partial charge in [-0.1, -0.05) is 0 Å². The highest BCUT2D eigenvalue weighted by atomic mass is 32.2. The summed E-state index contributed by atoms with van der Waals surface area (Å²) in [5, 5.41) is 8.45. The van der Waals surface area contributed by atoms with Crippen LogP contribution in [0, 0.1) is 0 Å². The first kappa shape index (κ1) is 13.4. The van der Waals surface area contributed by atoms with E-state index in [-0.39, 0.29) is 24.6 Å². The van der Waals surface area contributed by atoms with E-state index in [1.165, 1.54) is 4.31 Å². The Balaban J connectivity index is 2.52. The van der Waals surface area contributed by atoms with Crippen molar-refractivity contribution in [1.82, 2.24) is 4.31 Å². The number of carbonyl (C=O) groups is 1. The van der Waals surface area contributed by atoms with Gasteiger partial charge in [0, 0.05) is 25.6 Å². The monoisotopic (exact) mass is 250 g/mol. The van der Waals surface area contributed by atoms with Crippen molar-refractivity contribution in [2.75, 3.05) is 18.8 Å². The van der Waals surface area contributed by atoms with Gasteiger partial charge in [-0.25, -0.2) is 8.42 Å². The third-order valence-corrected chi connectivity index (χ3v) is 4.75. The first-order chi connectivity index (χ1) is 7.47. The van der Waals surface area contributed by atoms with Crippen LogP contribution in [-0.4, -0.2) is 48.7 Å². The third kappa shape index (κ3) is 3.43. The molecular weight excluding hydrogens is 232 g/mol. The summed E-state index contributed by atoms with van der Waals surface area (Å²) in [4.78, 5) is 10.3. The lowest BCUT2D eigenvalue weighted by Crippen LogP contribution is -2.41. The van der Waals surface area contributed by atoms with E-state index in [9.17, 15) is 13.2 Å². The Bertz CT molecular complexity index is 341. The van der Waals surface area contributed by atoms with E-state index in [1.54, 1.807) is 0 Å². The maximum absolute atomic E-state index is 11.9. The zero-order chi connectivity index (χ0) is 12.2. The van der Waals surface area contributed by atoms with Gasteiger partial charge in [-0.2, -0.15) is 4.31 Å². The Kier molecular flexibility index (Phi) is 4.69. The molecule has 1 rings (SSSR count). The molecule has 1 fully saturated rings. The largest absolute Gasteiger partial charge is 0.481 e. The van der Waals surface area contributed by atoms with Crippen molar-refractivity contribution in [2.45, 2.75) is 31.7 Å². The molecule has 3 N–H and O–H groups in total. The fraction of sp³-hybridized carbons (Fsp3) is 0.889. The van der Waals surface area contributed by atoms with Crippen molar-refractivity contribution in [1.29, 1.82) is 0 Å². The number of sulfonamides is 1. The van der Waals surface area contributed by atoms with Crippen molar-refractivity contribution in [3.05, 3.63) is 0 Å². The number of aliphatic carboxylic acids is 1. The molecule has 0 radical (unpaired) electrons. The fourth-order valence-electron chi connectivity index (χ4n) is 1.93. The van der Waals surface area contributed by atoms with Gasteiger partial charge in [0.25, 0.3) is 0 Å². The molecule has 0 bridgehead atoms. The second-order valence-electron chi connectivity index (χ2n) is 3.96. The first-order valence-corrected chi connectivity index (χ1v) is 6.99. The molecule has 0 aliphatic carbocycles. The van der Waals surface area contributed by atoms with Crippen LogP contribution < -0.4 is 5.73 Å². The predicted molar refractivity (Wildman–Crippen MR) is 59.4 cm³/mol. The summed E-state index contributed by atoms with van der Waals surface area (Å²) in [6, 6.07) is -0.102. The second-order valence-corrected chi connectivity index (χ2v) is 6.00. The van der Waals surface area contributed by atoms with Crippen LogP contribution in [0.25, 0.3) is 0 Å². The molecule has 0 amide bonds. The normalized spacial score (nSPS) is 22.4. The molecule has 1 heterocycles. The molecule has 16 heavy (non-hydrogen) atoms. The second kappa shape index (κ2) is 5.60. The summed E-state index contributed by atoms with van der Waals surface area (Å²) < 4.78 is 25.1. The number of nitrogens with zero attached hydrogens (tertiary/aromatic N) is 1. The molecule has 0 aromatic heterocycles. The quantitative estimate of drug-likeness (QED) is 0.668. The summed E-state index contributed by atoms with van der Waals surface area (Å²) >= 11 is 0. The average molecular weight is 250 g/mol. The molecule has 1 atom stereocenters. The zero-order valence-electron chi connectivity index (χ0n) is 9.13. The van der Waals surface area contributed by atoms with E-state index in [4.69, 9.17) is 10.8 Å². The van der Waals surface area contributed by atoms with Crippen LogP contribution in [0.2, 0.25) is 0 Å². The van der Waals surface area contributed by atoms with Crippen LogP contribution in [0.15, 0.2) is 0 Å². The SMILES string of the molecule is NCC1CCCN1S(=O)(=O)CCCC(=O)O. The Morgan fingerprint density at radius 3 is 2.75 bits per heavy atom. The number of carboxylic acid groups (broad SMARTS) is 1. The van der Waals surface area contributed by atoms with Gasteiger partial charge in [0.1, 0.15) is 0 Å². The van der Waals surface area contributed by atoms with Crippen molar-refractivity contribution >= 4 is 16.0 Å². The molecule has 1 aliphatic heterocycles. The van der Waals surface area contributed by atoms with E-state index in [2.05, 4.69) is 0 Å². The van der Waals surface area contributed by atoms with E-state index in [0.29, 0.717) is 13.1 Å². The molecular formula is C9H18N2O4S. The van der Waals surface area contributed by atoms with Crippen molar-refractivity contribution in [3.8, 4) is 0 Å². The standard InChI is InChI=1S/C9H18N2O4S/c10-7-8-3-1-5-11(8)16(14,15)6-2-4-9(12)13/h8H,1-7,10H2,(H,12,13). The number of nitrogens with two attached hydrogens (primary N) is 1. The highest BCUT2D eigenvalue weighted by Gasteiger charge is 2.32. The van der Waals surface area contributed by atoms with Gasteiger partial charge in [0.05, 0.1) is 5.75 Å². The number of hydrogen-bond acceptors (Lipinski definition) is 4. The van der Waals surface area contributed by atoms with E-state index >= 15 is 0 Å². The Labute approximate surface area is 95.5 Å². The van der Waals surface area contributed by atoms with Crippen molar-refractivity contribution in [2.24, 2.45) is 5.73 Å². The van der Waals surface area contributed by atoms with Crippen LogP contribution in [0.4, 0.5) is 0 Å². The van der Waals surface area contributed by atoms with Gasteiger partial charge in [0.2, 0.25) is 10.0 Å². The number of carboxylic acids is 1. The van der Waals surface area contributed by atoms with Crippen molar-refractivity contribution in [3.63, 3.8) is 0 Å². The van der Waals surface area contributed by atoms with Crippen LogP contribution in [0.1, 0.15) is 25.7 Å². The fourth-order valence-corrected chi connectivity index (χ4v) is 3.73. The molecule has 7 heteroatoms. The Hall–Kier alpha value is -0.660. The van der Waals surface area contributed by atoms with Gasteiger partial charge in [-0.15, -0.1) is 0 Å². The zero-order valence-corrected chi connectivity index (χ0v) is 9.95. The Morgan fingerprint density at radius 1 is 1.50 bits per heavy atom. The minimum atomic E-state index is -3.33. The predicted octanol–water partition coefficient (Wildman–Crippen LogP) is -0.396. The van der Waals surface area contributed by atoms with Gasteiger partial charge < -0.3 is 10.8 Å². The van der Waals surface area contributed by atoms with Crippen LogP contribution in [0.3, 0.4) is 0 Å². The lowest BCUT2D eigenvalue weighted by atomic mass is 10.2. The highest BCUT2D eigenvalue weighted by Crippen LogP contribution is 2.21. The molecule has 0 aromatic carbocycles. The molecule has 1 saturated heterocycles. The molecule has 0 aromatic rings. The lowest BCUT2D eigenvalue weighted by molar-refractivity contribution is -0.137. The summed E-state index contributed by atoms with van der Waals surface area (Å²) in [6.45, 7) is 0.843. The van der Waals surface area contributed by atoms with Gasteiger partial charge in [-0.3, -0.25) is 4.79 Å². The van der Waals surface area contributed by atoms with E-state index in [0.717, 1.165) is 12.8 Å². The van der Waals surface area contributed by atoms with E-state index < -0.39 is 16.0 Å². The molecule has 1 unspecified atom stereocenters.